The van der Waals surface area contributed by atoms with Gasteiger partial charge in [0.25, 0.3) is 5.91 Å². The van der Waals surface area contributed by atoms with Crippen LogP contribution in [0.4, 0.5) is 5.69 Å². The van der Waals surface area contributed by atoms with E-state index in [1.54, 1.807) is 0 Å². The second-order valence-electron chi connectivity index (χ2n) is 5.27. The largest absolute Gasteiger partial charge is 2.00 e. The summed E-state index contributed by atoms with van der Waals surface area (Å²) in [7, 11) is 0. The molecule has 4 N–H and O–H groups in total. The number of benzene rings is 1. The third-order valence-corrected chi connectivity index (χ3v) is 3.67. The van der Waals surface area contributed by atoms with Gasteiger partial charge in [-0.2, -0.15) is 30.3 Å². The molecule has 0 aliphatic carbocycles. The van der Waals surface area contributed by atoms with E-state index in [1.807, 2.05) is 78.9 Å². The van der Waals surface area contributed by atoms with Gasteiger partial charge < -0.3 is 11.5 Å². The molecule has 25 heavy (non-hydrogen) atoms. The van der Waals surface area contributed by atoms with Gasteiger partial charge in [0.05, 0.1) is 0 Å². The number of pyridine rings is 1. The molecule has 0 saturated carbocycles. The van der Waals surface area contributed by atoms with Crippen molar-refractivity contribution >= 4 is 22.5 Å². The van der Waals surface area contributed by atoms with Gasteiger partial charge in [0.15, 0.2) is 0 Å². The van der Waals surface area contributed by atoms with Gasteiger partial charge in [-0.25, -0.2) is 12.1 Å². The molecule has 3 aromatic carbocycles. The Morgan fingerprint density at radius 1 is 1.00 bits per heavy atom. The first-order chi connectivity index (χ1) is 11.7. The van der Waals surface area contributed by atoms with Crippen molar-refractivity contribution in [1.29, 1.82) is 0 Å². The molecule has 0 aliphatic heterocycles. The number of hydrogen-bond donors (Lipinski definition) is 2. The molecule has 0 saturated heterocycles. The second-order valence-corrected chi connectivity index (χ2v) is 5.27. The van der Waals surface area contributed by atoms with E-state index in [2.05, 4.69) is 4.98 Å². The number of fused-ring (bicyclic) bond motifs is 1. The zero-order chi connectivity index (χ0) is 16.9. The van der Waals surface area contributed by atoms with Crippen LogP contribution in [0.2, 0.25) is 0 Å². The van der Waals surface area contributed by atoms with Gasteiger partial charge in [-0.3, -0.25) is 9.78 Å². The summed E-state index contributed by atoms with van der Waals surface area (Å²) < 4.78 is 0. The van der Waals surface area contributed by atoms with Crippen LogP contribution in [0, 0.1) is 0 Å². The number of rotatable bonds is 2. The van der Waals surface area contributed by atoms with E-state index in [-0.39, 0.29) is 22.8 Å². The summed E-state index contributed by atoms with van der Waals surface area (Å²) in [5.41, 5.74) is 14.4. The molecule has 0 spiro atoms. The summed E-state index contributed by atoms with van der Waals surface area (Å²) >= 11 is 0. The smallest absolute Gasteiger partial charge is 0.427 e. The van der Waals surface area contributed by atoms with Crippen LogP contribution < -0.4 is 11.5 Å². The first kappa shape index (κ1) is 18.5. The minimum absolute atomic E-state index is 0. The SMILES string of the molecule is NC(=O)c1nc2ccccc2c(-[c-]2cccc2)c1N.[Fe+2].c1cc[cH-]c1. The summed E-state index contributed by atoms with van der Waals surface area (Å²) in [6.07, 6.45) is 0. The maximum atomic E-state index is 11.5. The molecule has 4 aromatic rings. The predicted molar refractivity (Wildman–Crippen MR) is 97.7 cm³/mol. The molecule has 0 aliphatic rings. The van der Waals surface area contributed by atoms with Crippen molar-refractivity contribution in [1.82, 2.24) is 4.98 Å². The van der Waals surface area contributed by atoms with Crippen molar-refractivity contribution < 1.29 is 21.9 Å². The topological polar surface area (TPSA) is 82.0 Å². The first-order valence-corrected chi connectivity index (χ1v) is 7.55. The molecule has 4 rings (SSSR count). The maximum absolute atomic E-state index is 11.5. The molecule has 5 heteroatoms. The van der Waals surface area contributed by atoms with Gasteiger partial charge in [0.1, 0.15) is 5.69 Å². The quantitative estimate of drug-likeness (QED) is 0.416. The molecule has 0 atom stereocenters. The monoisotopic (exact) mass is 371 g/mol. The minimum Gasteiger partial charge on any atom is -0.427 e. The number of hydrogen-bond acceptors (Lipinski definition) is 3. The van der Waals surface area contributed by atoms with Crippen molar-refractivity contribution in [2.75, 3.05) is 5.73 Å². The summed E-state index contributed by atoms with van der Waals surface area (Å²) in [5.74, 6) is -0.615. The Bertz CT molecular complexity index is 927. The van der Waals surface area contributed by atoms with Crippen LogP contribution in [0.1, 0.15) is 10.5 Å². The Balaban J connectivity index is 0.000000325. The summed E-state index contributed by atoms with van der Waals surface area (Å²) in [6, 6.07) is 25.3. The van der Waals surface area contributed by atoms with Crippen LogP contribution in [-0.2, 0) is 17.1 Å². The van der Waals surface area contributed by atoms with Gasteiger partial charge >= 0.3 is 17.1 Å². The van der Waals surface area contributed by atoms with Gasteiger partial charge in [-0.05, 0) is 6.07 Å². The average molecular weight is 371 g/mol. The van der Waals surface area contributed by atoms with Crippen molar-refractivity contribution in [2.45, 2.75) is 0 Å². The van der Waals surface area contributed by atoms with Crippen LogP contribution in [0.15, 0.2) is 78.9 Å². The van der Waals surface area contributed by atoms with Crippen LogP contribution in [0.25, 0.3) is 22.0 Å². The zero-order valence-corrected chi connectivity index (χ0v) is 14.5. The molecule has 4 nitrogen and oxygen atoms in total. The van der Waals surface area contributed by atoms with E-state index in [4.69, 9.17) is 11.5 Å². The van der Waals surface area contributed by atoms with Gasteiger partial charge in [-0.15, -0.1) is 12.1 Å². The second kappa shape index (κ2) is 8.29. The number of aromatic nitrogens is 1. The molecule has 1 amide bonds. The zero-order valence-electron chi connectivity index (χ0n) is 13.4. The number of primary amides is 1. The molecule has 0 bridgehead atoms. The van der Waals surface area contributed by atoms with Gasteiger partial charge in [0, 0.05) is 11.2 Å². The number of nitrogen functional groups attached to an aromatic ring is 1. The van der Waals surface area contributed by atoms with Gasteiger partial charge in [-0.1, -0.05) is 34.7 Å². The normalized spacial score (nSPS) is 9.76. The molecule has 0 radical (unpaired) electrons. The molecular weight excluding hydrogens is 354 g/mol. The van der Waals surface area contributed by atoms with E-state index in [1.165, 1.54) is 0 Å². The molecule has 1 aromatic heterocycles. The molecule has 126 valence electrons. The Morgan fingerprint density at radius 2 is 1.64 bits per heavy atom. The van der Waals surface area contributed by atoms with Gasteiger partial charge in [0.2, 0.25) is 0 Å². The van der Waals surface area contributed by atoms with Crippen molar-refractivity contribution in [2.24, 2.45) is 5.73 Å². The Labute approximate surface area is 156 Å². The number of anilines is 1. The van der Waals surface area contributed by atoms with E-state index < -0.39 is 5.91 Å². The number of carbonyl (C=O) groups excluding carboxylic acids is 1. The molecular formula is C20H17FeN3O. The molecule has 0 fully saturated rings. The van der Waals surface area contributed by atoms with Crippen molar-refractivity contribution in [3.8, 4) is 11.1 Å². The summed E-state index contributed by atoms with van der Waals surface area (Å²) in [4.78, 5) is 15.7. The molecule has 0 unspecified atom stereocenters. The van der Waals surface area contributed by atoms with Crippen molar-refractivity contribution in [3.05, 3.63) is 84.6 Å². The fourth-order valence-corrected chi connectivity index (χ4v) is 2.59. The Kier molecular flexibility index (Phi) is 6.12. The van der Waals surface area contributed by atoms with E-state index >= 15 is 0 Å². The Morgan fingerprint density at radius 3 is 2.20 bits per heavy atom. The number of para-hydroxylation sites is 1. The van der Waals surface area contributed by atoms with E-state index in [0.29, 0.717) is 11.2 Å². The number of carbonyl (C=O) groups is 1. The third-order valence-electron chi connectivity index (χ3n) is 3.67. The Hall–Kier alpha value is -2.88. The summed E-state index contributed by atoms with van der Waals surface area (Å²) in [5, 5.41) is 0.913. The summed E-state index contributed by atoms with van der Waals surface area (Å²) in [6.45, 7) is 0. The third kappa shape index (κ3) is 3.97. The predicted octanol–water partition coefficient (Wildman–Crippen LogP) is 3.70. The maximum Gasteiger partial charge on any atom is 2.00 e. The molecule has 1 heterocycles. The number of nitrogens with two attached hydrogens (primary N) is 2. The van der Waals surface area contributed by atoms with E-state index in [9.17, 15) is 4.79 Å². The fourth-order valence-electron chi connectivity index (χ4n) is 2.59. The van der Waals surface area contributed by atoms with Crippen LogP contribution in [-0.4, -0.2) is 10.9 Å². The first-order valence-electron chi connectivity index (χ1n) is 7.55. The number of nitrogens with zero attached hydrogens (tertiary/aromatic N) is 1. The van der Waals surface area contributed by atoms with Crippen LogP contribution >= 0.6 is 0 Å². The number of amides is 1. The van der Waals surface area contributed by atoms with Crippen LogP contribution in [0.3, 0.4) is 0 Å². The van der Waals surface area contributed by atoms with E-state index in [0.717, 1.165) is 16.5 Å². The average Bonchev–Trinajstić information content (AvgIpc) is 3.30. The fraction of sp³-hybridized carbons (Fsp3) is 0. The standard InChI is InChI=1S/C15H12N3O.C5H5.Fe/c16-13-12(9-5-1-2-6-9)10-7-3-4-8-11(10)18-14(13)15(17)19;1-2-4-5-3-1;/h1-8H,16H2,(H2,17,19);1-5H;/q2*-1;+2. The minimum atomic E-state index is -0.615. The van der Waals surface area contributed by atoms with Crippen molar-refractivity contribution in [3.63, 3.8) is 0 Å². The van der Waals surface area contributed by atoms with Crippen LogP contribution in [0.5, 0.6) is 0 Å².